The molecule has 0 bridgehead atoms. The van der Waals surface area contributed by atoms with E-state index >= 15 is 0 Å². The summed E-state index contributed by atoms with van der Waals surface area (Å²) in [6.07, 6.45) is 1.57. The number of sulfonamides is 1. The summed E-state index contributed by atoms with van der Waals surface area (Å²) in [5.41, 5.74) is 5.66. The molecule has 1 aromatic rings. The molecular weight excluding hydrogens is 295 g/mol. The molecule has 1 rings (SSSR count). The quantitative estimate of drug-likeness (QED) is 0.569. The van der Waals surface area contributed by atoms with Crippen LogP contribution in [0.1, 0.15) is 32.3 Å². The average Bonchev–Trinajstić information content (AvgIpc) is 2.37. The summed E-state index contributed by atoms with van der Waals surface area (Å²) >= 11 is 0. The van der Waals surface area contributed by atoms with Crippen LogP contribution in [0.4, 0.5) is 10.1 Å². The molecule has 0 aromatic heterocycles. The van der Waals surface area contributed by atoms with Gasteiger partial charge in [0.25, 0.3) is 0 Å². The first-order valence-electron chi connectivity index (χ1n) is 6.91. The van der Waals surface area contributed by atoms with Crippen molar-refractivity contribution in [1.29, 1.82) is 0 Å². The van der Waals surface area contributed by atoms with E-state index in [-0.39, 0.29) is 28.8 Å². The maximum absolute atomic E-state index is 13.5. The van der Waals surface area contributed by atoms with E-state index in [1.165, 1.54) is 13.0 Å². The Morgan fingerprint density at radius 3 is 2.62 bits per heavy atom. The summed E-state index contributed by atoms with van der Waals surface area (Å²) in [6, 6.07) is 2.38. The third kappa shape index (κ3) is 5.61. The maximum Gasteiger partial charge on any atom is 0.241 e. The average molecular weight is 318 g/mol. The van der Waals surface area contributed by atoms with Gasteiger partial charge < -0.3 is 10.5 Å². The highest BCUT2D eigenvalue weighted by molar-refractivity contribution is 7.89. The summed E-state index contributed by atoms with van der Waals surface area (Å²) in [7, 11) is -3.75. The number of unbranched alkanes of at least 4 members (excludes halogenated alkanes) is 1. The highest BCUT2D eigenvalue weighted by Gasteiger charge is 2.19. The number of hydrogen-bond donors (Lipinski definition) is 2. The zero-order valence-electron chi connectivity index (χ0n) is 12.6. The first kappa shape index (κ1) is 17.9. The van der Waals surface area contributed by atoms with E-state index in [4.69, 9.17) is 10.5 Å². The Labute approximate surface area is 125 Å². The van der Waals surface area contributed by atoms with Crippen molar-refractivity contribution in [2.45, 2.75) is 44.6 Å². The maximum atomic E-state index is 13.5. The second-order valence-electron chi connectivity index (χ2n) is 5.15. The largest absolute Gasteiger partial charge is 0.399 e. The molecule has 3 N–H and O–H groups in total. The predicted molar refractivity (Wildman–Crippen MR) is 81.1 cm³/mol. The van der Waals surface area contributed by atoms with Crippen LogP contribution in [0.3, 0.4) is 0 Å². The van der Waals surface area contributed by atoms with Crippen LogP contribution < -0.4 is 10.5 Å². The molecule has 7 heteroatoms. The Balaban J connectivity index is 2.59. The fourth-order valence-corrected chi connectivity index (χ4v) is 3.14. The lowest BCUT2D eigenvalue weighted by Gasteiger charge is -2.11. The normalized spacial score (nSPS) is 12.0. The molecule has 21 heavy (non-hydrogen) atoms. The standard InChI is InChI=1S/C14H23FN2O3S/c1-10(2)20-7-5-4-6-17-21(18,19)14-9-12(16)8-13(15)11(14)3/h8-10,17H,4-7,16H2,1-3H3. The number of ether oxygens (including phenoxy) is 1. The number of nitrogens with one attached hydrogen (secondary N) is 1. The number of halogens is 1. The summed E-state index contributed by atoms with van der Waals surface area (Å²) in [5, 5.41) is 0. The van der Waals surface area contributed by atoms with Crippen molar-refractivity contribution in [3.63, 3.8) is 0 Å². The van der Waals surface area contributed by atoms with Crippen LogP contribution in [0.15, 0.2) is 17.0 Å². The first-order valence-corrected chi connectivity index (χ1v) is 8.39. The zero-order chi connectivity index (χ0) is 16.0. The molecule has 1 aromatic carbocycles. The van der Waals surface area contributed by atoms with Gasteiger partial charge in [-0.2, -0.15) is 0 Å². The van der Waals surface area contributed by atoms with Gasteiger partial charge in [0.05, 0.1) is 11.0 Å². The number of rotatable bonds is 8. The van der Waals surface area contributed by atoms with Crippen LogP contribution in [0.25, 0.3) is 0 Å². The van der Waals surface area contributed by atoms with Gasteiger partial charge in [0.1, 0.15) is 5.82 Å². The van der Waals surface area contributed by atoms with Crippen LogP contribution in [-0.4, -0.2) is 27.7 Å². The van der Waals surface area contributed by atoms with Crippen molar-refractivity contribution in [3.8, 4) is 0 Å². The lowest BCUT2D eigenvalue weighted by Crippen LogP contribution is -2.26. The molecule has 0 aliphatic heterocycles. The molecule has 0 atom stereocenters. The van der Waals surface area contributed by atoms with Gasteiger partial charge >= 0.3 is 0 Å². The molecule has 0 amide bonds. The molecule has 120 valence electrons. The van der Waals surface area contributed by atoms with E-state index in [1.54, 1.807) is 0 Å². The molecule has 0 fully saturated rings. The van der Waals surface area contributed by atoms with E-state index in [2.05, 4.69) is 4.72 Å². The smallest absolute Gasteiger partial charge is 0.241 e. The van der Waals surface area contributed by atoms with Crippen LogP contribution in [-0.2, 0) is 14.8 Å². The summed E-state index contributed by atoms with van der Waals surface area (Å²) in [5.74, 6) is -0.624. The molecule has 0 saturated carbocycles. The molecular formula is C14H23FN2O3S. The number of hydrogen-bond acceptors (Lipinski definition) is 4. The van der Waals surface area contributed by atoms with Crippen molar-refractivity contribution in [1.82, 2.24) is 4.72 Å². The second-order valence-corrected chi connectivity index (χ2v) is 6.89. The number of anilines is 1. The minimum Gasteiger partial charge on any atom is -0.399 e. The number of benzene rings is 1. The summed E-state index contributed by atoms with van der Waals surface area (Å²) in [4.78, 5) is -0.113. The van der Waals surface area contributed by atoms with Gasteiger partial charge in [-0.15, -0.1) is 0 Å². The monoisotopic (exact) mass is 318 g/mol. The molecule has 0 unspecified atom stereocenters. The number of nitrogens with two attached hydrogens (primary N) is 1. The van der Waals surface area contributed by atoms with Gasteiger partial charge in [0, 0.05) is 24.4 Å². The third-order valence-electron chi connectivity index (χ3n) is 2.92. The Kier molecular flexibility index (Phi) is 6.57. The van der Waals surface area contributed by atoms with Crippen LogP contribution in [0, 0.1) is 12.7 Å². The van der Waals surface area contributed by atoms with Crippen LogP contribution in [0.5, 0.6) is 0 Å². The Hall–Kier alpha value is -1.18. The third-order valence-corrected chi connectivity index (χ3v) is 4.51. The fraction of sp³-hybridized carbons (Fsp3) is 0.571. The fourth-order valence-electron chi connectivity index (χ4n) is 1.78. The summed E-state index contributed by atoms with van der Waals surface area (Å²) in [6.45, 7) is 6.17. The van der Waals surface area contributed by atoms with Gasteiger partial charge in [-0.1, -0.05) is 0 Å². The lowest BCUT2D eigenvalue weighted by molar-refractivity contribution is 0.0762. The van der Waals surface area contributed by atoms with Crippen LogP contribution >= 0.6 is 0 Å². The molecule has 0 aliphatic carbocycles. The Morgan fingerprint density at radius 1 is 1.33 bits per heavy atom. The molecule has 0 aliphatic rings. The molecule has 0 radical (unpaired) electrons. The highest BCUT2D eigenvalue weighted by Crippen LogP contribution is 2.21. The molecule has 0 heterocycles. The van der Waals surface area contributed by atoms with Crippen LogP contribution in [0.2, 0.25) is 0 Å². The molecule has 0 saturated heterocycles. The first-order chi connectivity index (χ1) is 9.74. The van der Waals surface area contributed by atoms with E-state index in [1.807, 2.05) is 13.8 Å². The number of nitrogen functional groups attached to an aromatic ring is 1. The SMILES string of the molecule is Cc1c(F)cc(N)cc1S(=O)(=O)NCCCCOC(C)C. The van der Waals surface area contributed by atoms with Crippen molar-refractivity contribution >= 4 is 15.7 Å². The molecule has 0 spiro atoms. The Morgan fingerprint density at radius 2 is 2.00 bits per heavy atom. The van der Waals surface area contributed by atoms with E-state index in [9.17, 15) is 12.8 Å². The van der Waals surface area contributed by atoms with Crippen molar-refractivity contribution in [3.05, 3.63) is 23.5 Å². The minimum absolute atomic E-state index is 0.0693. The van der Waals surface area contributed by atoms with E-state index in [0.717, 1.165) is 12.5 Å². The van der Waals surface area contributed by atoms with E-state index < -0.39 is 15.8 Å². The van der Waals surface area contributed by atoms with Gasteiger partial charge in [-0.25, -0.2) is 17.5 Å². The lowest BCUT2D eigenvalue weighted by atomic mass is 10.2. The highest BCUT2D eigenvalue weighted by atomic mass is 32.2. The topological polar surface area (TPSA) is 81.4 Å². The van der Waals surface area contributed by atoms with Gasteiger partial charge in [0.2, 0.25) is 10.0 Å². The second kappa shape index (κ2) is 7.72. The van der Waals surface area contributed by atoms with Gasteiger partial charge in [-0.3, -0.25) is 0 Å². The zero-order valence-corrected chi connectivity index (χ0v) is 13.5. The van der Waals surface area contributed by atoms with Crippen molar-refractivity contribution in [2.24, 2.45) is 0 Å². The van der Waals surface area contributed by atoms with Gasteiger partial charge in [0.15, 0.2) is 0 Å². The Bertz CT molecular complexity index is 574. The molecule has 5 nitrogen and oxygen atoms in total. The predicted octanol–water partition coefficient (Wildman–Crippen LogP) is 2.20. The van der Waals surface area contributed by atoms with Crippen molar-refractivity contribution in [2.75, 3.05) is 18.9 Å². The van der Waals surface area contributed by atoms with Gasteiger partial charge in [-0.05, 0) is 45.7 Å². The summed E-state index contributed by atoms with van der Waals surface area (Å²) < 4.78 is 45.6. The van der Waals surface area contributed by atoms with Crippen molar-refractivity contribution < 1.29 is 17.5 Å². The van der Waals surface area contributed by atoms with E-state index in [0.29, 0.717) is 13.0 Å². The minimum atomic E-state index is -3.75.